The molecule has 0 saturated heterocycles. The smallest absolute Gasteiger partial charge is 0.320 e. The summed E-state index contributed by atoms with van der Waals surface area (Å²) in [6.45, 7) is 0.0746. The van der Waals surface area contributed by atoms with Crippen molar-refractivity contribution in [1.29, 1.82) is 0 Å². The summed E-state index contributed by atoms with van der Waals surface area (Å²) < 4.78 is 25.4. The summed E-state index contributed by atoms with van der Waals surface area (Å²) in [5.41, 5.74) is 5.23. The molecule has 84 valence electrons. The minimum absolute atomic E-state index is 0.0746. The van der Waals surface area contributed by atoms with Crippen LogP contribution >= 0.6 is 0 Å². The van der Waals surface area contributed by atoms with E-state index in [1.54, 1.807) is 0 Å². The largest absolute Gasteiger partial charge is 0.480 e. The molecule has 0 spiro atoms. The van der Waals surface area contributed by atoms with Gasteiger partial charge in [-0.15, -0.1) is 0 Å². The van der Waals surface area contributed by atoms with Gasteiger partial charge in [0.2, 0.25) is 0 Å². The molecule has 3 N–H and O–H groups in total. The van der Waals surface area contributed by atoms with E-state index in [4.69, 9.17) is 10.8 Å². The molecule has 0 aliphatic carbocycles. The fourth-order valence-corrected chi connectivity index (χ4v) is 1.22. The normalized spacial score (nSPS) is 13.9. The van der Waals surface area contributed by atoms with E-state index >= 15 is 0 Å². The third-order valence-corrected chi connectivity index (χ3v) is 2.12. The first kappa shape index (κ1) is 13.3. The Balaban J connectivity index is 3.44. The highest BCUT2D eigenvalue weighted by atomic mass is 32.2. The Morgan fingerprint density at radius 2 is 2.07 bits per heavy atom. The molecule has 7 heteroatoms. The molecule has 1 unspecified atom stereocenters. The summed E-state index contributed by atoms with van der Waals surface area (Å²) >= 11 is 0. The molecule has 14 heavy (non-hydrogen) atoms. The molecule has 6 nitrogen and oxygen atoms in total. The van der Waals surface area contributed by atoms with E-state index in [2.05, 4.69) is 4.18 Å². The monoisotopic (exact) mass is 225 g/mol. The molecule has 0 amide bonds. The number of nitrogens with two attached hydrogens (primary N) is 1. The molecule has 0 aromatic heterocycles. The fourth-order valence-electron chi connectivity index (χ4n) is 0.800. The number of carbonyl (C=O) groups is 1. The first-order valence-electron chi connectivity index (χ1n) is 4.15. The van der Waals surface area contributed by atoms with E-state index in [1.807, 2.05) is 0 Å². The van der Waals surface area contributed by atoms with Crippen LogP contribution in [0.5, 0.6) is 0 Å². The predicted octanol–water partition coefficient (Wildman–Crippen LogP) is -0.455. The molecule has 0 heterocycles. The molecule has 0 aromatic rings. The van der Waals surface area contributed by atoms with Gasteiger partial charge in [-0.1, -0.05) is 0 Å². The second-order valence-electron chi connectivity index (χ2n) is 2.97. The minimum Gasteiger partial charge on any atom is -0.480 e. The van der Waals surface area contributed by atoms with Crippen molar-refractivity contribution in [1.82, 2.24) is 0 Å². The van der Waals surface area contributed by atoms with Crippen molar-refractivity contribution >= 4 is 16.1 Å². The van der Waals surface area contributed by atoms with E-state index in [0.29, 0.717) is 19.3 Å². The lowest BCUT2D eigenvalue weighted by atomic mass is 10.1. The van der Waals surface area contributed by atoms with Gasteiger partial charge in [0.05, 0.1) is 12.9 Å². The van der Waals surface area contributed by atoms with Gasteiger partial charge in [-0.25, -0.2) is 0 Å². The standard InChI is InChI=1S/C7H15NO5S/c1-14(11,12)13-5-3-2-4-6(8)7(9)10/h6H,2-5,8H2,1H3,(H,9,10). The van der Waals surface area contributed by atoms with E-state index in [0.717, 1.165) is 6.26 Å². The maximum absolute atomic E-state index is 10.5. The van der Waals surface area contributed by atoms with Crippen LogP contribution in [0, 0.1) is 0 Å². The molecule has 0 aromatic carbocycles. The van der Waals surface area contributed by atoms with Crippen molar-refractivity contribution in [2.24, 2.45) is 5.73 Å². The molecule has 0 aliphatic rings. The van der Waals surface area contributed by atoms with Gasteiger partial charge in [0.1, 0.15) is 6.04 Å². The molecule has 1 atom stereocenters. The van der Waals surface area contributed by atoms with Crippen molar-refractivity contribution in [3.63, 3.8) is 0 Å². The van der Waals surface area contributed by atoms with Gasteiger partial charge in [0, 0.05) is 0 Å². The predicted molar refractivity (Wildman–Crippen MR) is 50.3 cm³/mol. The number of aliphatic carboxylic acids is 1. The van der Waals surface area contributed by atoms with Gasteiger partial charge in [0.15, 0.2) is 0 Å². The van der Waals surface area contributed by atoms with Crippen LogP contribution in [-0.4, -0.2) is 38.4 Å². The molecule has 0 fully saturated rings. The number of hydrogen-bond acceptors (Lipinski definition) is 5. The highest BCUT2D eigenvalue weighted by Crippen LogP contribution is 2.00. The van der Waals surface area contributed by atoms with Crippen LogP contribution < -0.4 is 5.73 Å². The number of rotatable bonds is 7. The summed E-state index contributed by atoms with van der Waals surface area (Å²) in [4.78, 5) is 10.3. The molecule has 0 radical (unpaired) electrons. The van der Waals surface area contributed by atoms with Gasteiger partial charge < -0.3 is 10.8 Å². The molecular formula is C7H15NO5S. The Morgan fingerprint density at radius 3 is 2.50 bits per heavy atom. The summed E-state index contributed by atoms with van der Waals surface area (Å²) in [6, 6.07) is -0.881. The van der Waals surface area contributed by atoms with Crippen LogP contribution in [0.1, 0.15) is 19.3 Å². The molecule has 0 rings (SSSR count). The van der Waals surface area contributed by atoms with Gasteiger partial charge >= 0.3 is 5.97 Å². The Hall–Kier alpha value is -0.660. The molecular weight excluding hydrogens is 210 g/mol. The lowest BCUT2D eigenvalue weighted by Crippen LogP contribution is -2.29. The number of hydrogen-bond donors (Lipinski definition) is 2. The highest BCUT2D eigenvalue weighted by Gasteiger charge is 2.10. The van der Waals surface area contributed by atoms with Crippen molar-refractivity contribution < 1.29 is 22.5 Å². The van der Waals surface area contributed by atoms with Crippen LogP contribution in [0.25, 0.3) is 0 Å². The summed E-state index contributed by atoms with van der Waals surface area (Å²) in [7, 11) is -3.39. The van der Waals surface area contributed by atoms with Crippen molar-refractivity contribution in [2.75, 3.05) is 12.9 Å². The van der Waals surface area contributed by atoms with Crippen LogP contribution in [0.15, 0.2) is 0 Å². The highest BCUT2D eigenvalue weighted by molar-refractivity contribution is 7.85. The van der Waals surface area contributed by atoms with E-state index in [-0.39, 0.29) is 6.61 Å². The maximum Gasteiger partial charge on any atom is 0.320 e. The molecule has 0 aliphatic heterocycles. The number of carboxylic acids is 1. The summed E-state index contributed by atoms with van der Waals surface area (Å²) in [5, 5.41) is 8.42. The third kappa shape index (κ3) is 7.96. The Kier molecular flexibility index (Phi) is 5.66. The third-order valence-electron chi connectivity index (χ3n) is 1.52. The van der Waals surface area contributed by atoms with Crippen LogP contribution in [0.4, 0.5) is 0 Å². The first-order chi connectivity index (χ1) is 6.33. The summed E-state index contributed by atoms with van der Waals surface area (Å²) in [6.07, 6.45) is 2.30. The lowest BCUT2D eigenvalue weighted by molar-refractivity contribution is -0.138. The van der Waals surface area contributed by atoms with Crippen LogP contribution in [-0.2, 0) is 19.1 Å². The molecule has 0 bridgehead atoms. The first-order valence-corrected chi connectivity index (χ1v) is 5.97. The summed E-state index contributed by atoms with van der Waals surface area (Å²) in [5.74, 6) is -1.05. The van der Waals surface area contributed by atoms with E-state index in [9.17, 15) is 13.2 Å². The van der Waals surface area contributed by atoms with Gasteiger partial charge in [-0.3, -0.25) is 8.98 Å². The fraction of sp³-hybridized carbons (Fsp3) is 0.857. The maximum atomic E-state index is 10.5. The topological polar surface area (TPSA) is 107 Å². The molecule has 0 saturated carbocycles. The zero-order valence-electron chi connectivity index (χ0n) is 7.97. The average Bonchev–Trinajstić information content (AvgIpc) is 2.01. The van der Waals surface area contributed by atoms with E-state index in [1.165, 1.54) is 0 Å². The van der Waals surface area contributed by atoms with Gasteiger partial charge in [-0.2, -0.15) is 8.42 Å². The quantitative estimate of drug-likeness (QED) is 0.448. The zero-order chi connectivity index (χ0) is 11.2. The average molecular weight is 225 g/mol. The lowest BCUT2D eigenvalue weighted by Gasteiger charge is -2.05. The second-order valence-corrected chi connectivity index (χ2v) is 4.61. The Labute approximate surface area is 83.2 Å². The van der Waals surface area contributed by atoms with Crippen molar-refractivity contribution in [2.45, 2.75) is 25.3 Å². The van der Waals surface area contributed by atoms with E-state index < -0.39 is 22.1 Å². The zero-order valence-corrected chi connectivity index (χ0v) is 8.79. The Morgan fingerprint density at radius 1 is 1.50 bits per heavy atom. The van der Waals surface area contributed by atoms with Crippen molar-refractivity contribution in [3.05, 3.63) is 0 Å². The number of carboxylic acid groups (broad SMARTS) is 1. The SMILES string of the molecule is CS(=O)(=O)OCCCCC(N)C(=O)O. The number of unbranched alkanes of at least 4 members (excludes halogenated alkanes) is 1. The minimum atomic E-state index is -3.39. The van der Waals surface area contributed by atoms with Crippen LogP contribution in [0.2, 0.25) is 0 Å². The van der Waals surface area contributed by atoms with Crippen LogP contribution in [0.3, 0.4) is 0 Å². The van der Waals surface area contributed by atoms with Crippen molar-refractivity contribution in [3.8, 4) is 0 Å². The van der Waals surface area contributed by atoms with Gasteiger partial charge in [0.25, 0.3) is 10.1 Å². The Bertz CT molecular complexity index is 274. The van der Waals surface area contributed by atoms with Gasteiger partial charge in [-0.05, 0) is 19.3 Å². The second kappa shape index (κ2) is 5.94.